The number of halogens is 2. The van der Waals surface area contributed by atoms with Crippen molar-refractivity contribution in [3.05, 3.63) is 52.0 Å². The molecule has 0 spiro atoms. The number of nitrogens with one attached hydrogen (secondary N) is 2. The van der Waals surface area contributed by atoms with Gasteiger partial charge in [0.1, 0.15) is 0 Å². The molecule has 0 radical (unpaired) electrons. The summed E-state index contributed by atoms with van der Waals surface area (Å²) in [5.41, 5.74) is 7.25. The summed E-state index contributed by atoms with van der Waals surface area (Å²) in [5, 5.41) is 5.80. The standard InChI is InChI=1S/C15H13Cl2N3O2/c1-8(21)19-10-4-2-3-9(5-10)15(22)20-11-6-12(16)14(18)13(17)7-11/h2-7H,18H2,1H3,(H,19,21)(H,20,22). The van der Waals surface area contributed by atoms with E-state index in [1.165, 1.54) is 19.1 Å². The van der Waals surface area contributed by atoms with Crippen LogP contribution in [0.2, 0.25) is 10.0 Å². The van der Waals surface area contributed by atoms with Crippen LogP contribution in [-0.2, 0) is 4.79 Å². The normalized spacial score (nSPS) is 10.1. The number of amides is 2. The second-order valence-corrected chi connectivity index (χ2v) is 5.38. The Balaban J connectivity index is 2.20. The average molecular weight is 338 g/mol. The Labute approximate surface area is 137 Å². The van der Waals surface area contributed by atoms with Gasteiger partial charge in [-0.05, 0) is 30.3 Å². The lowest BCUT2D eigenvalue weighted by Crippen LogP contribution is -2.13. The van der Waals surface area contributed by atoms with Crippen LogP contribution < -0.4 is 16.4 Å². The van der Waals surface area contributed by atoms with E-state index >= 15 is 0 Å². The Kier molecular flexibility index (Phi) is 4.90. The van der Waals surface area contributed by atoms with E-state index in [1.807, 2.05) is 0 Å². The van der Waals surface area contributed by atoms with Gasteiger partial charge in [0, 0.05) is 23.9 Å². The summed E-state index contributed by atoms with van der Waals surface area (Å²) in [5.74, 6) is -0.571. The van der Waals surface area contributed by atoms with Gasteiger partial charge >= 0.3 is 0 Å². The number of carbonyl (C=O) groups excluding carboxylic acids is 2. The van der Waals surface area contributed by atoms with E-state index in [0.717, 1.165) is 0 Å². The molecule has 0 atom stereocenters. The van der Waals surface area contributed by atoms with Crippen molar-refractivity contribution in [2.45, 2.75) is 6.92 Å². The third-order valence-electron chi connectivity index (χ3n) is 2.78. The highest BCUT2D eigenvalue weighted by Crippen LogP contribution is 2.31. The SMILES string of the molecule is CC(=O)Nc1cccc(C(=O)Nc2cc(Cl)c(N)c(Cl)c2)c1. The molecule has 2 aromatic carbocycles. The van der Waals surface area contributed by atoms with Crippen LogP contribution in [0.3, 0.4) is 0 Å². The fraction of sp³-hybridized carbons (Fsp3) is 0.0667. The van der Waals surface area contributed by atoms with Crippen molar-refractivity contribution in [1.29, 1.82) is 0 Å². The van der Waals surface area contributed by atoms with Gasteiger partial charge in [-0.2, -0.15) is 0 Å². The van der Waals surface area contributed by atoms with Crippen molar-refractivity contribution in [3.63, 3.8) is 0 Å². The van der Waals surface area contributed by atoms with Crippen molar-refractivity contribution in [2.24, 2.45) is 0 Å². The number of hydrogen-bond acceptors (Lipinski definition) is 3. The molecule has 0 aromatic heterocycles. The van der Waals surface area contributed by atoms with E-state index in [0.29, 0.717) is 16.9 Å². The third kappa shape index (κ3) is 3.90. The first kappa shape index (κ1) is 16.1. The Bertz CT molecular complexity index is 724. The molecule has 2 rings (SSSR count). The number of benzene rings is 2. The molecule has 2 aromatic rings. The number of rotatable bonds is 3. The van der Waals surface area contributed by atoms with Crippen LogP contribution in [0.1, 0.15) is 17.3 Å². The highest BCUT2D eigenvalue weighted by Gasteiger charge is 2.10. The molecule has 0 aliphatic heterocycles. The molecule has 7 heteroatoms. The van der Waals surface area contributed by atoms with E-state index in [4.69, 9.17) is 28.9 Å². The first-order valence-electron chi connectivity index (χ1n) is 6.30. The molecule has 0 aliphatic rings. The van der Waals surface area contributed by atoms with Gasteiger partial charge in [-0.25, -0.2) is 0 Å². The van der Waals surface area contributed by atoms with Gasteiger partial charge in [0.2, 0.25) is 5.91 Å². The summed E-state index contributed by atoms with van der Waals surface area (Å²) in [7, 11) is 0. The second kappa shape index (κ2) is 6.68. The Morgan fingerprint density at radius 1 is 1.00 bits per heavy atom. The van der Waals surface area contributed by atoms with Gasteiger partial charge in [0.15, 0.2) is 0 Å². The zero-order chi connectivity index (χ0) is 16.3. The maximum absolute atomic E-state index is 12.2. The van der Waals surface area contributed by atoms with Gasteiger partial charge in [-0.1, -0.05) is 29.3 Å². The summed E-state index contributed by atoms with van der Waals surface area (Å²) in [6.07, 6.45) is 0. The predicted molar refractivity (Wildman–Crippen MR) is 89.6 cm³/mol. The summed E-state index contributed by atoms with van der Waals surface area (Å²) in [6, 6.07) is 9.58. The second-order valence-electron chi connectivity index (χ2n) is 4.57. The number of carbonyl (C=O) groups is 2. The molecule has 0 bridgehead atoms. The number of nitrogen functional groups attached to an aromatic ring is 1. The predicted octanol–water partition coefficient (Wildman–Crippen LogP) is 3.79. The molecule has 0 unspecified atom stereocenters. The lowest BCUT2D eigenvalue weighted by molar-refractivity contribution is -0.114. The van der Waals surface area contributed by atoms with Crippen LogP contribution in [0, 0.1) is 0 Å². The van der Waals surface area contributed by atoms with Gasteiger partial charge in [-0.3, -0.25) is 9.59 Å². The molecule has 22 heavy (non-hydrogen) atoms. The van der Waals surface area contributed by atoms with Crippen LogP contribution in [0.5, 0.6) is 0 Å². The van der Waals surface area contributed by atoms with Gasteiger partial charge < -0.3 is 16.4 Å². The van der Waals surface area contributed by atoms with Crippen LogP contribution in [0.15, 0.2) is 36.4 Å². The molecular formula is C15H13Cl2N3O2. The van der Waals surface area contributed by atoms with E-state index in [2.05, 4.69) is 10.6 Å². The fourth-order valence-electron chi connectivity index (χ4n) is 1.80. The molecule has 5 nitrogen and oxygen atoms in total. The van der Waals surface area contributed by atoms with Crippen molar-refractivity contribution in [3.8, 4) is 0 Å². The molecule has 2 amide bonds. The minimum absolute atomic E-state index is 0.213. The number of hydrogen-bond donors (Lipinski definition) is 3. The maximum atomic E-state index is 12.2. The topological polar surface area (TPSA) is 84.2 Å². The average Bonchev–Trinajstić information content (AvgIpc) is 2.44. The van der Waals surface area contributed by atoms with Crippen LogP contribution in [0.4, 0.5) is 17.1 Å². The summed E-state index contributed by atoms with van der Waals surface area (Å²) < 4.78 is 0. The molecule has 114 valence electrons. The van der Waals surface area contributed by atoms with E-state index in [1.54, 1.807) is 24.3 Å². The molecule has 0 saturated carbocycles. The smallest absolute Gasteiger partial charge is 0.255 e. The fourth-order valence-corrected chi connectivity index (χ4v) is 2.29. The lowest BCUT2D eigenvalue weighted by atomic mass is 10.1. The van der Waals surface area contributed by atoms with Gasteiger partial charge in [0.05, 0.1) is 15.7 Å². The maximum Gasteiger partial charge on any atom is 0.255 e. The summed E-state index contributed by atoms with van der Waals surface area (Å²) >= 11 is 11.8. The lowest BCUT2D eigenvalue weighted by Gasteiger charge is -2.09. The largest absolute Gasteiger partial charge is 0.396 e. The van der Waals surface area contributed by atoms with E-state index < -0.39 is 0 Å². The number of anilines is 3. The molecule has 0 saturated heterocycles. The van der Waals surface area contributed by atoms with Gasteiger partial charge in [-0.15, -0.1) is 0 Å². The Morgan fingerprint density at radius 2 is 1.64 bits per heavy atom. The van der Waals surface area contributed by atoms with Crippen molar-refractivity contribution in [1.82, 2.24) is 0 Å². The molecule has 0 fully saturated rings. The minimum atomic E-state index is -0.357. The van der Waals surface area contributed by atoms with Crippen molar-refractivity contribution < 1.29 is 9.59 Å². The Hall–Kier alpha value is -2.24. The van der Waals surface area contributed by atoms with E-state index in [-0.39, 0.29) is 27.5 Å². The summed E-state index contributed by atoms with van der Waals surface area (Å²) in [4.78, 5) is 23.3. The molecule has 0 heterocycles. The monoisotopic (exact) mass is 337 g/mol. The zero-order valence-corrected chi connectivity index (χ0v) is 13.1. The first-order valence-corrected chi connectivity index (χ1v) is 7.06. The molecule has 0 aliphatic carbocycles. The first-order chi connectivity index (χ1) is 10.4. The van der Waals surface area contributed by atoms with Crippen LogP contribution in [0.25, 0.3) is 0 Å². The molecule has 4 N–H and O–H groups in total. The molecular weight excluding hydrogens is 325 g/mol. The quantitative estimate of drug-likeness (QED) is 0.745. The minimum Gasteiger partial charge on any atom is -0.396 e. The van der Waals surface area contributed by atoms with Gasteiger partial charge in [0.25, 0.3) is 5.91 Å². The van der Waals surface area contributed by atoms with Crippen molar-refractivity contribution in [2.75, 3.05) is 16.4 Å². The van der Waals surface area contributed by atoms with E-state index in [9.17, 15) is 9.59 Å². The van der Waals surface area contributed by atoms with Crippen LogP contribution in [-0.4, -0.2) is 11.8 Å². The highest BCUT2D eigenvalue weighted by molar-refractivity contribution is 6.39. The third-order valence-corrected chi connectivity index (χ3v) is 3.41. The van der Waals surface area contributed by atoms with Crippen LogP contribution >= 0.6 is 23.2 Å². The highest BCUT2D eigenvalue weighted by atomic mass is 35.5. The number of nitrogens with two attached hydrogens (primary N) is 1. The zero-order valence-electron chi connectivity index (χ0n) is 11.6. The summed E-state index contributed by atoms with van der Waals surface area (Å²) in [6.45, 7) is 1.39. The van der Waals surface area contributed by atoms with Crippen molar-refractivity contribution >= 4 is 52.1 Å². The Morgan fingerprint density at radius 3 is 2.23 bits per heavy atom.